The Hall–Kier alpha value is -0.850. The van der Waals surface area contributed by atoms with E-state index < -0.39 is 20.7 Å². The third-order valence-electron chi connectivity index (χ3n) is 4.11. The minimum atomic E-state index is -4.00. The van der Waals surface area contributed by atoms with E-state index in [0.717, 1.165) is 31.7 Å². The quantitative estimate of drug-likeness (QED) is 0.833. The van der Waals surface area contributed by atoms with E-state index in [-0.39, 0.29) is 22.2 Å². The van der Waals surface area contributed by atoms with Crippen molar-refractivity contribution in [2.24, 2.45) is 5.41 Å². The molecule has 1 unspecified atom stereocenters. The molecule has 1 aromatic rings. The van der Waals surface area contributed by atoms with Gasteiger partial charge in [-0.1, -0.05) is 38.3 Å². The molecule has 7 heteroatoms. The van der Waals surface area contributed by atoms with Crippen molar-refractivity contribution in [1.29, 1.82) is 0 Å². The van der Waals surface area contributed by atoms with Crippen molar-refractivity contribution in [1.82, 2.24) is 4.72 Å². The number of nitrogen functional groups attached to an aromatic ring is 1. The van der Waals surface area contributed by atoms with Crippen LogP contribution in [0.25, 0.3) is 0 Å². The van der Waals surface area contributed by atoms with Crippen molar-refractivity contribution in [3.8, 4) is 0 Å². The number of rotatable bonds is 3. The Morgan fingerprint density at radius 3 is 2.67 bits per heavy atom. The number of anilines is 1. The highest BCUT2D eigenvalue weighted by Gasteiger charge is 2.36. The van der Waals surface area contributed by atoms with Gasteiger partial charge in [-0.05, 0) is 30.4 Å². The second-order valence-electron chi connectivity index (χ2n) is 6.22. The first kappa shape index (κ1) is 16.5. The van der Waals surface area contributed by atoms with Crippen LogP contribution in [0.15, 0.2) is 17.0 Å². The molecule has 1 aromatic carbocycles. The maximum absolute atomic E-state index is 14.0. The predicted octanol–water partition coefficient (Wildman–Crippen LogP) is 3.31. The Morgan fingerprint density at radius 1 is 1.38 bits per heavy atom. The first-order valence-electron chi connectivity index (χ1n) is 6.90. The summed E-state index contributed by atoms with van der Waals surface area (Å²) < 4.78 is 41.5. The molecule has 1 atom stereocenters. The fraction of sp³-hybridized carbons (Fsp3) is 0.571. The van der Waals surface area contributed by atoms with Crippen LogP contribution >= 0.6 is 11.6 Å². The van der Waals surface area contributed by atoms with Gasteiger partial charge in [0.15, 0.2) is 5.82 Å². The Bertz CT molecular complexity index is 647. The summed E-state index contributed by atoms with van der Waals surface area (Å²) in [5.41, 5.74) is 5.52. The molecule has 0 bridgehead atoms. The van der Waals surface area contributed by atoms with Crippen LogP contribution < -0.4 is 10.5 Å². The van der Waals surface area contributed by atoms with E-state index in [4.69, 9.17) is 17.3 Å². The van der Waals surface area contributed by atoms with Gasteiger partial charge in [-0.15, -0.1) is 0 Å². The molecule has 3 N–H and O–H groups in total. The van der Waals surface area contributed by atoms with E-state index in [1.807, 2.05) is 13.8 Å². The van der Waals surface area contributed by atoms with Gasteiger partial charge in [0.1, 0.15) is 4.90 Å². The highest BCUT2D eigenvalue weighted by molar-refractivity contribution is 7.89. The maximum Gasteiger partial charge on any atom is 0.243 e. The smallest absolute Gasteiger partial charge is 0.243 e. The minimum absolute atomic E-state index is 0.115. The number of nitrogens with two attached hydrogens (primary N) is 1. The number of halogens is 2. The lowest BCUT2D eigenvalue weighted by Crippen LogP contribution is -2.46. The van der Waals surface area contributed by atoms with E-state index >= 15 is 0 Å². The minimum Gasteiger partial charge on any atom is -0.399 e. The van der Waals surface area contributed by atoms with Crippen LogP contribution in [0.3, 0.4) is 0 Å². The number of benzene rings is 1. The molecule has 1 aliphatic carbocycles. The lowest BCUT2D eigenvalue weighted by atomic mass is 9.74. The topological polar surface area (TPSA) is 72.2 Å². The third kappa shape index (κ3) is 3.49. The fourth-order valence-corrected chi connectivity index (χ4v) is 4.60. The third-order valence-corrected chi connectivity index (χ3v) is 5.86. The molecule has 0 amide bonds. The first-order chi connectivity index (χ1) is 9.63. The second-order valence-corrected chi connectivity index (χ2v) is 8.31. The molecule has 0 aliphatic heterocycles. The fourth-order valence-electron chi connectivity index (χ4n) is 2.74. The Balaban J connectivity index is 2.35. The van der Waals surface area contributed by atoms with Crippen molar-refractivity contribution in [3.05, 3.63) is 23.0 Å². The van der Waals surface area contributed by atoms with Crippen molar-refractivity contribution >= 4 is 27.3 Å². The highest BCUT2D eigenvalue weighted by Crippen LogP contribution is 2.36. The summed E-state index contributed by atoms with van der Waals surface area (Å²) in [6, 6.07) is 2.07. The van der Waals surface area contributed by atoms with Crippen LogP contribution in [0.4, 0.5) is 10.1 Å². The van der Waals surface area contributed by atoms with Crippen LogP contribution in [0.1, 0.15) is 39.5 Å². The summed E-state index contributed by atoms with van der Waals surface area (Å²) >= 11 is 5.68. The molecule has 1 aliphatic rings. The van der Waals surface area contributed by atoms with Crippen molar-refractivity contribution < 1.29 is 12.8 Å². The SMILES string of the molecule is CC1(C)CCCCC1NS(=O)(=O)c1cc(N)cc(Cl)c1F. The summed E-state index contributed by atoms with van der Waals surface area (Å²) in [5.74, 6) is -0.966. The molecule has 1 fully saturated rings. The summed E-state index contributed by atoms with van der Waals surface area (Å²) in [6.45, 7) is 4.03. The van der Waals surface area contributed by atoms with E-state index in [0.29, 0.717) is 0 Å². The van der Waals surface area contributed by atoms with Gasteiger partial charge in [-0.25, -0.2) is 17.5 Å². The van der Waals surface area contributed by atoms with E-state index in [1.165, 1.54) is 6.07 Å². The van der Waals surface area contributed by atoms with Crippen LogP contribution in [0.5, 0.6) is 0 Å². The van der Waals surface area contributed by atoms with Crippen LogP contribution in [-0.2, 0) is 10.0 Å². The Labute approximate surface area is 129 Å². The van der Waals surface area contributed by atoms with Gasteiger partial charge in [0.25, 0.3) is 0 Å². The molecule has 0 heterocycles. The largest absolute Gasteiger partial charge is 0.399 e. The summed E-state index contributed by atoms with van der Waals surface area (Å²) in [4.78, 5) is -0.492. The summed E-state index contributed by atoms with van der Waals surface area (Å²) in [5, 5.41) is -0.293. The molecule has 118 valence electrons. The first-order valence-corrected chi connectivity index (χ1v) is 8.76. The maximum atomic E-state index is 14.0. The molecule has 21 heavy (non-hydrogen) atoms. The Morgan fingerprint density at radius 2 is 2.05 bits per heavy atom. The van der Waals surface area contributed by atoms with Gasteiger partial charge < -0.3 is 5.73 Å². The monoisotopic (exact) mass is 334 g/mol. The molecule has 1 saturated carbocycles. The summed E-state index contributed by atoms with van der Waals surface area (Å²) in [7, 11) is -4.00. The predicted molar refractivity (Wildman–Crippen MR) is 82.2 cm³/mol. The molecular formula is C14H20ClFN2O2S. The van der Waals surface area contributed by atoms with Gasteiger partial charge in [-0.3, -0.25) is 0 Å². The molecule has 0 aromatic heterocycles. The zero-order chi connectivity index (χ0) is 15.8. The second kappa shape index (κ2) is 5.74. The average Bonchev–Trinajstić information content (AvgIpc) is 2.36. The van der Waals surface area contributed by atoms with E-state index in [1.54, 1.807) is 0 Å². The van der Waals surface area contributed by atoms with Crippen LogP contribution in [0.2, 0.25) is 5.02 Å². The van der Waals surface area contributed by atoms with Crippen LogP contribution in [0, 0.1) is 11.2 Å². The summed E-state index contributed by atoms with van der Waals surface area (Å²) in [6.07, 6.45) is 3.70. The normalized spacial score (nSPS) is 22.2. The number of sulfonamides is 1. The van der Waals surface area contributed by atoms with Crippen LogP contribution in [-0.4, -0.2) is 14.5 Å². The standard InChI is InChI=1S/C14H20ClFN2O2S/c1-14(2)6-4-3-5-12(14)18-21(19,20)11-8-9(17)7-10(15)13(11)16/h7-8,12,18H,3-6,17H2,1-2H3. The zero-order valence-corrected chi connectivity index (χ0v) is 13.7. The molecular weight excluding hydrogens is 315 g/mol. The molecule has 0 saturated heterocycles. The number of nitrogens with one attached hydrogen (secondary N) is 1. The van der Waals surface area contributed by atoms with Gasteiger partial charge in [-0.2, -0.15) is 0 Å². The lowest BCUT2D eigenvalue weighted by Gasteiger charge is -2.38. The van der Waals surface area contributed by atoms with Gasteiger partial charge in [0.05, 0.1) is 5.02 Å². The van der Waals surface area contributed by atoms with Gasteiger partial charge in [0.2, 0.25) is 10.0 Å². The average molecular weight is 335 g/mol. The highest BCUT2D eigenvalue weighted by atomic mass is 35.5. The molecule has 4 nitrogen and oxygen atoms in total. The van der Waals surface area contributed by atoms with Gasteiger partial charge in [0, 0.05) is 11.7 Å². The van der Waals surface area contributed by atoms with Crippen molar-refractivity contribution in [3.63, 3.8) is 0 Å². The van der Waals surface area contributed by atoms with Gasteiger partial charge >= 0.3 is 0 Å². The molecule has 0 radical (unpaired) electrons. The molecule has 2 rings (SSSR count). The van der Waals surface area contributed by atoms with Crippen molar-refractivity contribution in [2.75, 3.05) is 5.73 Å². The van der Waals surface area contributed by atoms with E-state index in [2.05, 4.69) is 4.72 Å². The number of hydrogen-bond donors (Lipinski definition) is 2. The number of hydrogen-bond acceptors (Lipinski definition) is 3. The lowest BCUT2D eigenvalue weighted by molar-refractivity contribution is 0.188. The van der Waals surface area contributed by atoms with E-state index in [9.17, 15) is 12.8 Å². The Kier molecular flexibility index (Phi) is 4.52. The molecule has 0 spiro atoms. The van der Waals surface area contributed by atoms with Crippen molar-refractivity contribution in [2.45, 2.75) is 50.5 Å². The zero-order valence-electron chi connectivity index (χ0n) is 12.1.